The highest BCUT2D eigenvalue weighted by atomic mass is 16.2. The van der Waals surface area contributed by atoms with Crippen molar-refractivity contribution in [1.82, 2.24) is 10.6 Å². The molecule has 0 aromatic heterocycles. The molecule has 0 spiro atoms. The summed E-state index contributed by atoms with van der Waals surface area (Å²) in [5, 5.41) is 5.89. The van der Waals surface area contributed by atoms with Crippen molar-refractivity contribution in [1.29, 1.82) is 0 Å². The first-order valence-electron chi connectivity index (χ1n) is 6.83. The van der Waals surface area contributed by atoms with E-state index in [2.05, 4.69) is 10.6 Å². The topological polar surface area (TPSA) is 41.1 Å². The first-order valence-corrected chi connectivity index (χ1v) is 6.83. The molecule has 2 amide bonds. The fourth-order valence-electron chi connectivity index (χ4n) is 2.09. The number of carbonyl (C=O) groups is 1. The van der Waals surface area contributed by atoms with Gasteiger partial charge in [0.15, 0.2) is 0 Å². The van der Waals surface area contributed by atoms with Gasteiger partial charge in [-0.2, -0.15) is 0 Å². The summed E-state index contributed by atoms with van der Waals surface area (Å²) in [6.07, 6.45) is 0. The fraction of sp³-hybridized carbons (Fsp3) is 0.235. The third-order valence-corrected chi connectivity index (χ3v) is 3.29. The van der Waals surface area contributed by atoms with E-state index < -0.39 is 0 Å². The summed E-state index contributed by atoms with van der Waals surface area (Å²) in [6.45, 7) is 3.95. The Bertz CT molecular complexity index is 490. The van der Waals surface area contributed by atoms with E-state index in [-0.39, 0.29) is 18.1 Å². The van der Waals surface area contributed by atoms with E-state index >= 15 is 0 Å². The Balaban J connectivity index is 1.90. The number of rotatable bonds is 4. The van der Waals surface area contributed by atoms with Gasteiger partial charge in [0, 0.05) is 0 Å². The number of nitrogens with one attached hydrogen (secondary N) is 2. The Hall–Kier alpha value is -2.29. The number of amides is 2. The molecule has 2 rings (SSSR count). The van der Waals surface area contributed by atoms with E-state index in [9.17, 15) is 4.79 Å². The van der Waals surface area contributed by atoms with Crippen LogP contribution in [0.5, 0.6) is 0 Å². The second kappa shape index (κ2) is 6.75. The minimum atomic E-state index is -0.155. The summed E-state index contributed by atoms with van der Waals surface area (Å²) in [4.78, 5) is 12.0. The fourth-order valence-corrected chi connectivity index (χ4v) is 2.09. The van der Waals surface area contributed by atoms with Gasteiger partial charge in [0.05, 0.1) is 12.1 Å². The van der Waals surface area contributed by atoms with Crippen molar-refractivity contribution in [2.24, 2.45) is 0 Å². The zero-order chi connectivity index (χ0) is 14.4. The van der Waals surface area contributed by atoms with Gasteiger partial charge in [-0.15, -0.1) is 0 Å². The lowest BCUT2D eigenvalue weighted by Crippen LogP contribution is -2.38. The third-order valence-electron chi connectivity index (χ3n) is 3.29. The zero-order valence-electron chi connectivity index (χ0n) is 11.8. The third kappa shape index (κ3) is 3.85. The summed E-state index contributed by atoms with van der Waals surface area (Å²) < 4.78 is 0. The van der Waals surface area contributed by atoms with Gasteiger partial charge < -0.3 is 10.6 Å². The van der Waals surface area contributed by atoms with Crippen LogP contribution in [-0.2, 0) is 0 Å². The van der Waals surface area contributed by atoms with E-state index in [1.807, 2.05) is 74.5 Å². The summed E-state index contributed by atoms with van der Waals surface area (Å²) >= 11 is 0. The van der Waals surface area contributed by atoms with E-state index in [1.165, 1.54) is 0 Å². The molecule has 0 fully saturated rings. The van der Waals surface area contributed by atoms with Crippen LogP contribution in [0.25, 0.3) is 0 Å². The summed E-state index contributed by atoms with van der Waals surface area (Å²) in [5.74, 6) is 0. The van der Waals surface area contributed by atoms with Crippen LogP contribution in [0.2, 0.25) is 0 Å². The predicted molar refractivity (Wildman–Crippen MR) is 81.4 cm³/mol. The van der Waals surface area contributed by atoms with Gasteiger partial charge >= 0.3 is 6.03 Å². The standard InChI is InChI=1S/C17H20N2O/c1-13(15-9-5-3-6-10-15)18-17(20)19-14(2)16-11-7-4-8-12-16/h3-14H,1-2H3,(H2,18,19,20)/t13-,14?/m0/s1. The molecule has 0 heterocycles. The number of hydrogen-bond acceptors (Lipinski definition) is 1. The first kappa shape index (κ1) is 14.1. The normalized spacial score (nSPS) is 13.3. The molecular formula is C17H20N2O. The van der Waals surface area contributed by atoms with Crippen molar-refractivity contribution in [2.75, 3.05) is 0 Å². The molecule has 0 bridgehead atoms. The van der Waals surface area contributed by atoms with Gasteiger partial charge in [-0.1, -0.05) is 60.7 Å². The zero-order valence-corrected chi connectivity index (χ0v) is 11.8. The summed E-state index contributed by atoms with van der Waals surface area (Å²) in [5.41, 5.74) is 2.19. The molecular weight excluding hydrogens is 248 g/mol. The lowest BCUT2D eigenvalue weighted by Gasteiger charge is -2.18. The highest BCUT2D eigenvalue weighted by Crippen LogP contribution is 2.13. The Morgan fingerprint density at radius 2 is 1.10 bits per heavy atom. The molecule has 104 valence electrons. The van der Waals surface area contributed by atoms with Crippen LogP contribution < -0.4 is 10.6 Å². The van der Waals surface area contributed by atoms with Crippen molar-refractivity contribution in [3.63, 3.8) is 0 Å². The largest absolute Gasteiger partial charge is 0.332 e. The first-order chi connectivity index (χ1) is 9.66. The summed E-state index contributed by atoms with van der Waals surface area (Å²) in [7, 11) is 0. The lowest BCUT2D eigenvalue weighted by molar-refractivity contribution is 0.235. The van der Waals surface area contributed by atoms with E-state index in [0.29, 0.717) is 0 Å². The van der Waals surface area contributed by atoms with Crippen LogP contribution in [0.3, 0.4) is 0 Å². The molecule has 2 aromatic carbocycles. The SMILES string of the molecule is CC(NC(=O)N[C@@H](C)c1ccccc1)c1ccccc1. The smallest absolute Gasteiger partial charge is 0.315 e. The van der Waals surface area contributed by atoms with Gasteiger partial charge in [0.1, 0.15) is 0 Å². The molecule has 0 radical (unpaired) electrons. The molecule has 2 N–H and O–H groups in total. The highest BCUT2D eigenvalue weighted by Gasteiger charge is 2.12. The van der Waals surface area contributed by atoms with Crippen LogP contribution in [0.4, 0.5) is 4.79 Å². The predicted octanol–water partition coefficient (Wildman–Crippen LogP) is 3.81. The van der Waals surface area contributed by atoms with Crippen molar-refractivity contribution in [3.05, 3.63) is 71.8 Å². The average Bonchev–Trinajstić information content (AvgIpc) is 2.49. The van der Waals surface area contributed by atoms with Gasteiger partial charge in [-0.25, -0.2) is 4.79 Å². The maximum atomic E-state index is 12.0. The van der Waals surface area contributed by atoms with Crippen molar-refractivity contribution in [3.8, 4) is 0 Å². The number of urea groups is 1. The van der Waals surface area contributed by atoms with Gasteiger partial charge in [-0.05, 0) is 25.0 Å². The highest BCUT2D eigenvalue weighted by molar-refractivity contribution is 5.74. The maximum absolute atomic E-state index is 12.0. The number of hydrogen-bond donors (Lipinski definition) is 2. The molecule has 3 heteroatoms. The minimum absolute atomic E-state index is 0.0147. The molecule has 2 atom stereocenters. The van der Waals surface area contributed by atoms with E-state index in [4.69, 9.17) is 0 Å². The Morgan fingerprint density at radius 1 is 0.750 bits per heavy atom. The Kier molecular flexibility index (Phi) is 4.77. The molecule has 1 unspecified atom stereocenters. The van der Waals surface area contributed by atoms with Gasteiger partial charge in [-0.3, -0.25) is 0 Å². The van der Waals surface area contributed by atoms with Crippen molar-refractivity contribution >= 4 is 6.03 Å². The number of benzene rings is 2. The second-order valence-electron chi connectivity index (χ2n) is 4.88. The lowest BCUT2D eigenvalue weighted by atomic mass is 10.1. The Labute approximate surface area is 120 Å². The minimum Gasteiger partial charge on any atom is -0.332 e. The molecule has 0 aliphatic carbocycles. The molecule has 20 heavy (non-hydrogen) atoms. The van der Waals surface area contributed by atoms with Crippen LogP contribution in [0.1, 0.15) is 37.1 Å². The van der Waals surface area contributed by atoms with Crippen LogP contribution >= 0.6 is 0 Å². The maximum Gasteiger partial charge on any atom is 0.315 e. The van der Waals surface area contributed by atoms with Gasteiger partial charge in [0.2, 0.25) is 0 Å². The summed E-state index contributed by atoms with van der Waals surface area (Å²) in [6, 6.07) is 19.7. The second-order valence-corrected chi connectivity index (χ2v) is 4.88. The Morgan fingerprint density at radius 3 is 1.45 bits per heavy atom. The molecule has 0 aliphatic rings. The van der Waals surface area contributed by atoms with Crippen LogP contribution in [0, 0.1) is 0 Å². The van der Waals surface area contributed by atoms with Crippen LogP contribution in [0.15, 0.2) is 60.7 Å². The van der Waals surface area contributed by atoms with Crippen molar-refractivity contribution in [2.45, 2.75) is 25.9 Å². The average molecular weight is 268 g/mol. The van der Waals surface area contributed by atoms with Crippen LogP contribution in [-0.4, -0.2) is 6.03 Å². The van der Waals surface area contributed by atoms with E-state index in [0.717, 1.165) is 11.1 Å². The van der Waals surface area contributed by atoms with E-state index in [1.54, 1.807) is 0 Å². The molecule has 0 aliphatic heterocycles. The molecule has 0 saturated carbocycles. The van der Waals surface area contributed by atoms with Crippen molar-refractivity contribution < 1.29 is 4.79 Å². The molecule has 2 aromatic rings. The molecule has 0 saturated heterocycles. The quantitative estimate of drug-likeness (QED) is 0.870. The van der Waals surface area contributed by atoms with Gasteiger partial charge in [0.25, 0.3) is 0 Å². The monoisotopic (exact) mass is 268 g/mol. The molecule has 3 nitrogen and oxygen atoms in total. The number of carbonyl (C=O) groups excluding carboxylic acids is 1.